The van der Waals surface area contributed by atoms with Crippen LogP contribution in [0.5, 0.6) is 0 Å². The molecule has 0 atom stereocenters. The molecule has 1 aromatic carbocycles. The molecule has 102 valence electrons. The highest BCUT2D eigenvalue weighted by Gasteiger charge is 2.30. The lowest BCUT2D eigenvalue weighted by molar-refractivity contribution is 0.0684. The van der Waals surface area contributed by atoms with Crippen molar-refractivity contribution in [1.29, 1.82) is 0 Å². The van der Waals surface area contributed by atoms with Crippen molar-refractivity contribution in [1.82, 2.24) is 9.78 Å². The molecule has 20 heavy (non-hydrogen) atoms. The summed E-state index contributed by atoms with van der Waals surface area (Å²) in [6.45, 7) is 0. The molecule has 0 aliphatic heterocycles. The number of halogens is 1. The summed E-state index contributed by atoms with van der Waals surface area (Å²) >= 11 is 5.95. The summed E-state index contributed by atoms with van der Waals surface area (Å²) in [6.07, 6.45) is 1.71. The summed E-state index contributed by atoms with van der Waals surface area (Å²) in [4.78, 5) is 23.3. The van der Waals surface area contributed by atoms with Crippen LogP contribution >= 0.6 is 11.6 Å². The Hall–Kier alpha value is -2.14. The smallest absolute Gasteiger partial charge is 0.357 e. The molecule has 0 amide bonds. The van der Waals surface area contributed by atoms with E-state index in [0.717, 1.165) is 0 Å². The fraction of sp³-hybridized carbons (Fsp3) is 0.214. The quantitative estimate of drug-likeness (QED) is 0.923. The summed E-state index contributed by atoms with van der Waals surface area (Å²) in [6, 6.07) is 6.96. The first-order chi connectivity index (χ1) is 9.58. The lowest BCUT2D eigenvalue weighted by atomic mass is 9.94. The first kappa shape index (κ1) is 12.9. The van der Waals surface area contributed by atoms with E-state index in [0.29, 0.717) is 35.7 Å². The Morgan fingerprint density at radius 2 is 2.15 bits per heavy atom. The van der Waals surface area contributed by atoms with E-state index in [2.05, 4.69) is 5.10 Å². The van der Waals surface area contributed by atoms with Crippen LogP contribution in [0.2, 0.25) is 5.02 Å². The number of hydrogen-bond donors (Lipinski definition) is 1. The Labute approximate surface area is 119 Å². The highest BCUT2D eigenvalue weighted by Crippen LogP contribution is 2.27. The average Bonchev–Trinajstić information content (AvgIpc) is 2.80. The van der Waals surface area contributed by atoms with Gasteiger partial charge in [0.1, 0.15) is 0 Å². The van der Waals surface area contributed by atoms with Crippen LogP contribution in [-0.4, -0.2) is 26.6 Å². The van der Waals surface area contributed by atoms with Crippen molar-refractivity contribution in [3.8, 4) is 5.69 Å². The summed E-state index contributed by atoms with van der Waals surface area (Å²) < 4.78 is 1.52. The minimum atomic E-state index is -1.18. The molecule has 3 rings (SSSR count). The fourth-order valence-corrected chi connectivity index (χ4v) is 2.67. The van der Waals surface area contributed by atoms with Crippen LogP contribution in [-0.2, 0) is 6.42 Å². The number of nitrogens with zero attached hydrogens (tertiary/aromatic N) is 2. The van der Waals surface area contributed by atoms with Gasteiger partial charge in [0.25, 0.3) is 0 Å². The number of aromatic carboxylic acids is 1. The van der Waals surface area contributed by atoms with Gasteiger partial charge in [0, 0.05) is 11.4 Å². The van der Waals surface area contributed by atoms with Crippen LogP contribution < -0.4 is 0 Å². The maximum atomic E-state index is 12.0. The van der Waals surface area contributed by atoms with Crippen molar-refractivity contribution in [2.45, 2.75) is 19.3 Å². The number of benzene rings is 1. The predicted molar refractivity (Wildman–Crippen MR) is 72.8 cm³/mol. The number of carbonyl (C=O) groups excluding carboxylic acids is 1. The lowest BCUT2D eigenvalue weighted by Crippen LogP contribution is -2.14. The zero-order valence-electron chi connectivity index (χ0n) is 10.5. The van der Waals surface area contributed by atoms with Gasteiger partial charge in [0.2, 0.25) is 0 Å². The van der Waals surface area contributed by atoms with Crippen LogP contribution in [0, 0.1) is 0 Å². The molecule has 1 heterocycles. The molecule has 0 saturated heterocycles. The van der Waals surface area contributed by atoms with Crippen molar-refractivity contribution in [2.75, 3.05) is 0 Å². The van der Waals surface area contributed by atoms with Gasteiger partial charge in [0.15, 0.2) is 11.5 Å². The molecule has 1 aromatic heterocycles. The summed E-state index contributed by atoms with van der Waals surface area (Å²) in [5.74, 6) is -1.34. The molecule has 0 radical (unpaired) electrons. The number of carbonyl (C=O) groups is 2. The van der Waals surface area contributed by atoms with Gasteiger partial charge >= 0.3 is 5.97 Å². The zero-order chi connectivity index (χ0) is 14.3. The highest BCUT2D eigenvalue weighted by atomic mass is 35.5. The van der Waals surface area contributed by atoms with Gasteiger partial charge in [-0.15, -0.1) is 0 Å². The van der Waals surface area contributed by atoms with E-state index < -0.39 is 5.97 Å². The first-order valence-electron chi connectivity index (χ1n) is 6.22. The molecule has 5 nitrogen and oxygen atoms in total. The summed E-state index contributed by atoms with van der Waals surface area (Å²) in [7, 11) is 0. The van der Waals surface area contributed by atoms with Crippen molar-refractivity contribution < 1.29 is 14.7 Å². The molecule has 2 aromatic rings. The number of hydrogen-bond acceptors (Lipinski definition) is 3. The van der Waals surface area contributed by atoms with E-state index in [4.69, 9.17) is 11.6 Å². The van der Waals surface area contributed by atoms with E-state index in [1.165, 1.54) is 4.68 Å². The number of aromatic nitrogens is 2. The maximum absolute atomic E-state index is 12.0. The van der Waals surface area contributed by atoms with Gasteiger partial charge in [-0.3, -0.25) is 4.79 Å². The predicted octanol–water partition coefficient (Wildman–Crippen LogP) is 2.74. The first-order valence-corrected chi connectivity index (χ1v) is 6.60. The van der Waals surface area contributed by atoms with Crippen molar-refractivity contribution in [2.24, 2.45) is 0 Å². The molecular weight excluding hydrogens is 280 g/mol. The molecule has 6 heteroatoms. The maximum Gasteiger partial charge on any atom is 0.357 e. The van der Waals surface area contributed by atoms with Gasteiger partial charge in [0.05, 0.1) is 16.9 Å². The van der Waals surface area contributed by atoms with E-state index in [-0.39, 0.29) is 17.0 Å². The van der Waals surface area contributed by atoms with Gasteiger partial charge in [-0.1, -0.05) is 17.7 Å². The zero-order valence-corrected chi connectivity index (χ0v) is 11.2. The molecule has 0 fully saturated rings. The third-order valence-electron chi connectivity index (χ3n) is 3.33. The van der Waals surface area contributed by atoms with Gasteiger partial charge in [-0.2, -0.15) is 5.10 Å². The number of carboxylic acid groups (broad SMARTS) is 1. The Morgan fingerprint density at radius 1 is 1.35 bits per heavy atom. The molecule has 0 spiro atoms. The standard InChI is InChI=1S/C14H11ClN2O3/c15-8-3-1-4-9(7-8)17-10-5-2-6-11(18)12(10)13(16-17)14(19)20/h1,3-4,7H,2,5-6H2,(H,19,20). The molecule has 0 unspecified atom stereocenters. The lowest BCUT2D eigenvalue weighted by Gasteiger charge is -2.13. The Balaban J connectivity index is 2.25. The monoisotopic (exact) mass is 290 g/mol. The second kappa shape index (κ2) is 4.76. The van der Waals surface area contributed by atoms with E-state index in [1.807, 2.05) is 0 Å². The van der Waals surface area contributed by atoms with Crippen molar-refractivity contribution >= 4 is 23.4 Å². The SMILES string of the molecule is O=C(O)c1nn(-c2cccc(Cl)c2)c2c1C(=O)CCC2. The van der Waals surface area contributed by atoms with Gasteiger partial charge < -0.3 is 5.11 Å². The molecule has 1 N–H and O–H groups in total. The van der Waals surface area contributed by atoms with E-state index in [9.17, 15) is 14.7 Å². The summed E-state index contributed by atoms with van der Waals surface area (Å²) in [5.41, 5.74) is 1.38. The molecular formula is C14H11ClN2O3. The number of rotatable bonds is 2. The normalized spacial score (nSPS) is 14.2. The Bertz CT molecular complexity index is 721. The number of ketones is 1. The van der Waals surface area contributed by atoms with Crippen LogP contribution in [0.25, 0.3) is 5.69 Å². The Kier molecular flexibility index (Phi) is 3.06. The molecule has 1 aliphatic rings. The van der Waals surface area contributed by atoms with Crippen LogP contribution in [0.3, 0.4) is 0 Å². The van der Waals surface area contributed by atoms with E-state index in [1.54, 1.807) is 24.3 Å². The topological polar surface area (TPSA) is 72.2 Å². The number of Topliss-reactive ketones (excluding diaryl/α,β-unsaturated/α-hetero) is 1. The highest BCUT2D eigenvalue weighted by molar-refractivity contribution is 6.30. The average molecular weight is 291 g/mol. The van der Waals surface area contributed by atoms with Gasteiger partial charge in [-0.25, -0.2) is 9.48 Å². The largest absolute Gasteiger partial charge is 0.476 e. The van der Waals surface area contributed by atoms with Crippen LogP contribution in [0.4, 0.5) is 0 Å². The van der Waals surface area contributed by atoms with Gasteiger partial charge in [-0.05, 0) is 31.0 Å². The number of fused-ring (bicyclic) bond motifs is 1. The van der Waals surface area contributed by atoms with Crippen LogP contribution in [0.15, 0.2) is 24.3 Å². The fourth-order valence-electron chi connectivity index (χ4n) is 2.49. The minimum Gasteiger partial charge on any atom is -0.476 e. The Morgan fingerprint density at radius 3 is 2.85 bits per heavy atom. The second-order valence-corrected chi connectivity index (χ2v) is 5.08. The van der Waals surface area contributed by atoms with Crippen LogP contribution in [0.1, 0.15) is 39.4 Å². The van der Waals surface area contributed by atoms with Crippen molar-refractivity contribution in [3.05, 3.63) is 46.2 Å². The third-order valence-corrected chi connectivity index (χ3v) is 3.57. The van der Waals surface area contributed by atoms with E-state index >= 15 is 0 Å². The molecule has 0 saturated carbocycles. The third kappa shape index (κ3) is 2.00. The minimum absolute atomic E-state index is 0.156. The van der Waals surface area contributed by atoms with Crippen molar-refractivity contribution in [3.63, 3.8) is 0 Å². The number of carboxylic acids is 1. The summed E-state index contributed by atoms with van der Waals surface area (Å²) in [5, 5.41) is 13.8. The molecule has 1 aliphatic carbocycles. The molecule has 0 bridgehead atoms. The second-order valence-electron chi connectivity index (χ2n) is 4.64.